The molecule has 2 aliphatic heterocycles. The Morgan fingerprint density at radius 3 is 3.05 bits per heavy atom. The number of aromatic nitrogens is 1. The number of nitrogens with zero attached hydrogens (tertiary/aromatic N) is 3. The topological polar surface area (TPSA) is 49.6 Å². The largest absolute Gasteiger partial charge is 0.437 e. The summed E-state index contributed by atoms with van der Waals surface area (Å²) in [5, 5.41) is 0. The molecule has 0 aliphatic carbocycles. The Morgan fingerprint density at radius 2 is 2.26 bits per heavy atom. The third-order valence-electron chi connectivity index (χ3n) is 4.05. The van der Waals surface area contributed by atoms with Crippen molar-refractivity contribution in [2.45, 2.75) is 32.7 Å². The van der Waals surface area contributed by atoms with E-state index in [1.807, 2.05) is 4.90 Å². The molecule has 3 rings (SSSR count). The standard InChI is InChI=1S/C14H21N3O2/c1-10-4-3-6-17(8-10)14(18)13-15-11-9-16(2)7-5-12(11)19-13/h10H,3-9H2,1-2H3/t10-/m0/s1. The van der Waals surface area contributed by atoms with Gasteiger partial charge in [-0.1, -0.05) is 6.92 Å². The lowest BCUT2D eigenvalue weighted by Crippen LogP contribution is -2.39. The van der Waals surface area contributed by atoms with Crippen LogP contribution in [-0.4, -0.2) is 47.4 Å². The van der Waals surface area contributed by atoms with Crippen LogP contribution in [0.1, 0.15) is 41.9 Å². The molecule has 3 heterocycles. The third-order valence-corrected chi connectivity index (χ3v) is 4.05. The zero-order valence-electron chi connectivity index (χ0n) is 11.7. The maximum atomic E-state index is 12.4. The average Bonchev–Trinajstić information content (AvgIpc) is 2.80. The molecule has 0 N–H and O–H groups in total. The summed E-state index contributed by atoms with van der Waals surface area (Å²) in [4.78, 5) is 20.9. The molecule has 0 unspecified atom stereocenters. The highest BCUT2D eigenvalue weighted by atomic mass is 16.4. The first-order chi connectivity index (χ1) is 9.13. The van der Waals surface area contributed by atoms with Gasteiger partial charge in [-0.2, -0.15) is 0 Å². The van der Waals surface area contributed by atoms with Crippen LogP contribution in [0.2, 0.25) is 0 Å². The predicted octanol–water partition coefficient (Wildman–Crippen LogP) is 1.53. The molecule has 1 aromatic rings. The van der Waals surface area contributed by atoms with E-state index in [0.717, 1.165) is 50.5 Å². The van der Waals surface area contributed by atoms with Crippen molar-refractivity contribution >= 4 is 5.91 Å². The minimum absolute atomic E-state index is 0.0383. The quantitative estimate of drug-likeness (QED) is 0.771. The number of carbonyl (C=O) groups is 1. The van der Waals surface area contributed by atoms with E-state index in [-0.39, 0.29) is 11.8 Å². The summed E-state index contributed by atoms with van der Waals surface area (Å²) in [5.74, 6) is 1.72. The van der Waals surface area contributed by atoms with Crippen LogP contribution in [0, 0.1) is 5.92 Å². The molecule has 0 bridgehead atoms. The van der Waals surface area contributed by atoms with E-state index >= 15 is 0 Å². The van der Waals surface area contributed by atoms with Gasteiger partial charge in [0.1, 0.15) is 5.76 Å². The molecule has 104 valence electrons. The van der Waals surface area contributed by atoms with Crippen molar-refractivity contribution in [1.29, 1.82) is 0 Å². The number of likely N-dealkylation sites (N-methyl/N-ethyl adjacent to an activating group) is 1. The summed E-state index contributed by atoms with van der Waals surface area (Å²) < 4.78 is 5.68. The van der Waals surface area contributed by atoms with Gasteiger partial charge >= 0.3 is 5.91 Å². The zero-order valence-corrected chi connectivity index (χ0v) is 11.7. The highest BCUT2D eigenvalue weighted by Crippen LogP contribution is 2.22. The first kappa shape index (κ1) is 12.7. The van der Waals surface area contributed by atoms with Gasteiger partial charge in [-0.15, -0.1) is 0 Å². The number of likely N-dealkylation sites (tertiary alicyclic amines) is 1. The maximum absolute atomic E-state index is 12.4. The van der Waals surface area contributed by atoms with Gasteiger partial charge in [-0.25, -0.2) is 4.98 Å². The second kappa shape index (κ2) is 4.96. The van der Waals surface area contributed by atoms with Crippen LogP contribution in [0.3, 0.4) is 0 Å². The Bertz CT molecular complexity index is 483. The fourth-order valence-corrected chi connectivity index (χ4v) is 2.93. The van der Waals surface area contributed by atoms with E-state index in [4.69, 9.17) is 4.42 Å². The highest BCUT2D eigenvalue weighted by molar-refractivity contribution is 5.89. The molecule has 1 amide bonds. The highest BCUT2D eigenvalue weighted by Gasteiger charge is 2.28. The number of piperidine rings is 1. The summed E-state index contributed by atoms with van der Waals surface area (Å²) in [5.41, 5.74) is 0.933. The van der Waals surface area contributed by atoms with Crippen molar-refractivity contribution < 1.29 is 9.21 Å². The molecule has 0 spiro atoms. The summed E-state index contributed by atoms with van der Waals surface area (Å²) in [7, 11) is 2.06. The summed E-state index contributed by atoms with van der Waals surface area (Å²) in [6.45, 7) is 5.59. The van der Waals surface area contributed by atoms with Gasteiger partial charge in [0.05, 0.1) is 5.69 Å². The number of hydrogen-bond donors (Lipinski definition) is 0. The molecule has 19 heavy (non-hydrogen) atoms. The minimum atomic E-state index is -0.0383. The van der Waals surface area contributed by atoms with Crippen molar-refractivity contribution in [1.82, 2.24) is 14.8 Å². The van der Waals surface area contributed by atoms with Crippen LogP contribution in [0.15, 0.2) is 4.42 Å². The molecule has 1 fully saturated rings. The lowest BCUT2D eigenvalue weighted by Gasteiger charge is -2.29. The smallest absolute Gasteiger partial charge is 0.309 e. The monoisotopic (exact) mass is 263 g/mol. The third kappa shape index (κ3) is 2.52. The molecular weight excluding hydrogens is 242 g/mol. The summed E-state index contributed by atoms with van der Waals surface area (Å²) in [6.07, 6.45) is 3.13. The van der Waals surface area contributed by atoms with Crippen molar-refractivity contribution in [3.05, 3.63) is 17.3 Å². The van der Waals surface area contributed by atoms with Gasteiger partial charge in [-0.05, 0) is 25.8 Å². The van der Waals surface area contributed by atoms with Gasteiger partial charge in [-0.3, -0.25) is 9.69 Å². The Morgan fingerprint density at radius 1 is 1.42 bits per heavy atom. The van der Waals surface area contributed by atoms with Crippen LogP contribution in [0.5, 0.6) is 0 Å². The van der Waals surface area contributed by atoms with Crippen LogP contribution in [-0.2, 0) is 13.0 Å². The van der Waals surface area contributed by atoms with Crippen LogP contribution in [0.25, 0.3) is 0 Å². The number of carbonyl (C=O) groups excluding carboxylic acids is 1. The van der Waals surface area contributed by atoms with Crippen molar-refractivity contribution in [3.8, 4) is 0 Å². The second-order valence-corrected chi connectivity index (χ2v) is 5.88. The Hall–Kier alpha value is -1.36. The lowest BCUT2D eigenvalue weighted by atomic mass is 10.0. The summed E-state index contributed by atoms with van der Waals surface area (Å²) in [6, 6.07) is 0. The van der Waals surface area contributed by atoms with E-state index in [1.165, 1.54) is 6.42 Å². The van der Waals surface area contributed by atoms with Crippen LogP contribution < -0.4 is 0 Å². The Labute approximate surface area is 113 Å². The fraction of sp³-hybridized carbons (Fsp3) is 0.714. The molecular formula is C14H21N3O2. The molecule has 1 aromatic heterocycles. The van der Waals surface area contributed by atoms with E-state index < -0.39 is 0 Å². The molecule has 0 radical (unpaired) electrons. The number of oxazole rings is 1. The molecule has 5 nitrogen and oxygen atoms in total. The fourth-order valence-electron chi connectivity index (χ4n) is 2.93. The maximum Gasteiger partial charge on any atom is 0.309 e. The van der Waals surface area contributed by atoms with Crippen molar-refractivity contribution in [2.24, 2.45) is 5.92 Å². The lowest BCUT2D eigenvalue weighted by molar-refractivity contribution is 0.0641. The normalized spacial score (nSPS) is 24.3. The molecule has 5 heteroatoms. The Balaban J connectivity index is 1.77. The van der Waals surface area contributed by atoms with Gasteiger partial charge in [0.25, 0.3) is 5.89 Å². The van der Waals surface area contributed by atoms with Gasteiger partial charge in [0.2, 0.25) is 0 Å². The second-order valence-electron chi connectivity index (χ2n) is 5.88. The number of rotatable bonds is 1. The van der Waals surface area contributed by atoms with Crippen molar-refractivity contribution in [2.75, 3.05) is 26.7 Å². The van der Waals surface area contributed by atoms with E-state index in [1.54, 1.807) is 0 Å². The first-order valence-electron chi connectivity index (χ1n) is 7.10. The van der Waals surface area contributed by atoms with Crippen LogP contribution in [0.4, 0.5) is 0 Å². The summed E-state index contributed by atoms with van der Waals surface area (Å²) >= 11 is 0. The van der Waals surface area contributed by atoms with E-state index in [9.17, 15) is 4.79 Å². The van der Waals surface area contributed by atoms with E-state index in [2.05, 4.69) is 23.9 Å². The van der Waals surface area contributed by atoms with E-state index in [0.29, 0.717) is 5.92 Å². The zero-order chi connectivity index (χ0) is 13.4. The molecule has 0 saturated carbocycles. The molecule has 2 aliphatic rings. The SMILES string of the molecule is C[C@H]1CCCN(C(=O)c2nc3c(o2)CCN(C)C3)C1. The average molecular weight is 263 g/mol. The first-order valence-corrected chi connectivity index (χ1v) is 7.10. The molecule has 0 aromatic carbocycles. The predicted molar refractivity (Wildman–Crippen MR) is 70.8 cm³/mol. The Kier molecular flexibility index (Phi) is 3.31. The van der Waals surface area contributed by atoms with Crippen LogP contribution >= 0.6 is 0 Å². The minimum Gasteiger partial charge on any atom is -0.437 e. The number of amides is 1. The number of fused-ring (bicyclic) bond motifs is 1. The van der Waals surface area contributed by atoms with Gasteiger partial charge in [0, 0.05) is 32.6 Å². The van der Waals surface area contributed by atoms with Crippen molar-refractivity contribution in [3.63, 3.8) is 0 Å². The molecule has 1 saturated heterocycles. The number of hydrogen-bond acceptors (Lipinski definition) is 4. The van der Waals surface area contributed by atoms with Gasteiger partial charge < -0.3 is 9.32 Å². The van der Waals surface area contributed by atoms with Gasteiger partial charge in [0.15, 0.2) is 0 Å². The molecule has 1 atom stereocenters.